The highest BCUT2D eigenvalue weighted by atomic mass is 79.9. The van der Waals surface area contributed by atoms with E-state index in [1.165, 1.54) is 0 Å². The minimum Gasteiger partial charge on any atom is -0.490 e. The quantitative estimate of drug-likeness (QED) is 0.269. The van der Waals surface area contributed by atoms with E-state index in [1.807, 2.05) is 61.5 Å². The molecule has 3 aromatic carbocycles. The van der Waals surface area contributed by atoms with Crippen molar-refractivity contribution in [2.45, 2.75) is 13.5 Å². The van der Waals surface area contributed by atoms with Crippen LogP contribution in [0.25, 0.3) is 6.08 Å². The van der Waals surface area contributed by atoms with Gasteiger partial charge in [0.15, 0.2) is 11.5 Å². The highest BCUT2D eigenvalue weighted by Crippen LogP contribution is 2.30. The highest BCUT2D eigenvalue weighted by Gasteiger charge is 2.24. The van der Waals surface area contributed by atoms with Crippen molar-refractivity contribution in [2.24, 2.45) is 0 Å². The van der Waals surface area contributed by atoms with E-state index in [0.717, 1.165) is 28.8 Å². The number of rotatable bonds is 8. The molecular weight excluding hydrogens is 518 g/mol. The van der Waals surface area contributed by atoms with Crippen molar-refractivity contribution in [1.82, 2.24) is 4.90 Å². The summed E-state index contributed by atoms with van der Waals surface area (Å²) in [6.45, 7) is 5.37. The summed E-state index contributed by atoms with van der Waals surface area (Å²) in [5.74, 6) is 0.932. The van der Waals surface area contributed by atoms with Gasteiger partial charge in [-0.25, -0.2) is 0 Å². The number of halogens is 1. The molecule has 0 bridgehead atoms. The smallest absolute Gasteiger partial charge is 0.264 e. The molecule has 0 atom stereocenters. The van der Waals surface area contributed by atoms with Crippen molar-refractivity contribution in [2.75, 3.05) is 37.7 Å². The monoisotopic (exact) mass is 545 g/mol. The number of ether oxygens (including phenoxy) is 2. The van der Waals surface area contributed by atoms with Gasteiger partial charge in [-0.05, 0) is 60.5 Å². The molecule has 0 aliphatic carbocycles. The van der Waals surface area contributed by atoms with E-state index in [4.69, 9.17) is 9.47 Å². The number of para-hydroxylation sites is 1. The number of nitriles is 1. The number of benzene rings is 3. The van der Waals surface area contributed by atoms with E-state index in [-0.39, 0.29) is 11.5 Å². The maximum Gasteiger partial charge on any atom is 0.264 e. The average molecular weight is 546 g/mol. The number of piperazine rings is 1. The van der Waals surface area contributed by atoms with Gasteiger partial charge in [0.05, 0.1) is 6.61 Å². The first-order chi connectivity index (χ1) is 17.6. The normalized spacial score (nSPS) is 13.8. The third-order valence-electron chi connectivity index (χ3n) is 5.93. The lowest BCUT2D eigenvalue weighted by atomic mass is 10.1. The van der Waals surface area contributed by atoms with Gasteiger partial charge in [0, 0.05) is 36.3 Å². The molecule has 0 spiro atoms. The number of nitrogens with zero attached hydrogens (tertiary/aromatic N) is 3. The maximum absolute atomic E-state index is 13.1. The zero-order valence-electron chi connectivity index (χ0n) is 20.2. The number of carbonyl (C=O) groups is 1. The van der Waals surface area contributed by atoms with Crippen LogP contribution in [0.2, 0.25) is 0 Å². The van der Waals surface area contributed by atoms with Gasteiger partial charge in [0.1, 0.15) is 18.2 Å². The molecule has 0 radical (unpaired) electrons. The van der Waals surface area contributed by atoms with Crippen molar-refractivity contribution in [1.29, 1.82) is 5.26 Å². The molecule has 3 aromatic rings. The minimum absolute atomic E-state index is 0.106. The van der Waals surface area contributed by atoms with Gasteiger partial charge in [0.2, 0.25) is 0 Å². The van der Waals surface area contributed by atoms with Crippen LogP contribution >= 0.6 is 15.9 Å². The van der Waals surface area contributed by atoms with Crippen LogP contribution in [0.4, 0.5) is 5.69 Å². The summed E-state index contributed by atoms with van der Waals surface area (Å²) in [7, 11) is 0. The summed E-state index contributed by atoms with van der Waals surface area (Å²) in [6.07, 6.45) is 1.62. The molecule has 1 aliphatic rings. The zero-order valence-corrected chi connectivity index (χ0v) is 21.8. The molecule has 7 heteroatoms. The predicted octanol–water partition coefficient (Wildman–Crippen LogP) is 5.68. The first-order valence-corrected chi connectivity index (χ1v) is 12.7. The van der Waals surface area contributed by atoms with Crippen LogP contribution in [0.15, 0.2) is 82.8 Å². The first-order valence-electron chi connectivity index (χ1n) is 11.9. The topological polar surface area (TPSA) is 65.8 Å². The van der Waals surface area contributed by atoms with E-state index >= 15 is 0 Å². The molecule has 0 aromatic heterocycles. The Hall–Kier alpha value is -3.76. The van der Waals surface area contributed by atoms with Crippen molar-refractivity contribution in [3.05, 3.63) is 94.0 Å². The zero-order chi connectivity index (χ0) is 25.3. The molecule has 1 heterocycles. The standard InChI is InChI=1S/C29H28BrN3O3/c1-2-35-28-19-23(10-13-27(28)36-21-22-8-11-25(30)12-9-22)18-24(20-31)29(34)33-16-14-32(15-17-33)26-6-4-3-5-7-26/h3-13,18-19H,2,14-17,21H2,1H3/b24-18-. The van der Waals surface area contributed by atoms with Crippen LogP contribution < -0.4 is 14.4 Å². The van der Waals surface area contributed by atoms with Gasteiger partial charge < -0.3 is 19.3 Å². The molecule has 1 fully saturated rings. The Balaban J connectivity index is 1.44. The van der Waals surface area contributed by atoms with E-state index in [9.17, 15) is 10.1 Å². The van der Waals surface area contributed by atoms with E-state index in [1.54, 1.807) is 17.0 Å². The Morgan fingerprint density at radius 3 is 2.36 bits per heavy atom. The molecule has 1 saturated heterocycles. The number of amides is 1. The Morgan fingerprint density at radius 2 is 1.69 bits per heavy atom. The molecule has 6 nitrogen and oxygen atoms in total. The fourth-order valence-corrected chi connectivity index (χ4v) is 4.29. The average Bonchev–Trinajstić information content (AvgIpc) is 2.92. The summed E-state index contributed by atoms with van der Waals surface area (Å²) in [5.41, 5.74) is 3.00. The molecule has 1 amide bonds. The summed E-state index contributed by atoms with van der Waals surface area (Å²) < 4.78 is 12.8. The van der Waals surface area contributed by atoms with Gasteiger partial charge in [-0.15, -0.1) is 0 Å². The Morgan fingerprint density at radius 1 is 0.972 bits per heavy atom. The van der Waals surface area contributed by atoms with Crippen molar-refractivity contribution < 1.29 is 14.3 Å². The lowest BCUT2D eigenvalue weighted by Crippen LogP contribution is -2.49. The van der Waals surface area contributed by atoms with Crippen molar-refractivity contribution in [3.8, 4) is 17.6 Å². The number of hydrogen-bond acceptors (Lipinski definition) is 5. The van der Waals surface area contributed by atoms with E-state index in [2.05, 4.69) is 39.0 Å². The third-order valence-corrected chi connectivity index (χ3v) is 6.45. The summed E-state index contributed by atoms with van der Waals surface area (Å²) in [6, 6.07) is 25.6. The van der Waals surface area contributed by atoms with Gasteiger partial charge in [0.25, 0.3) is 5.91 Å². The van der Waals surface area contributed by atoms with Gasteiger partial charge >= 0.3 is 0 Å². The SMILES string of the molecule is CCOc1cc(/C=C(/C#N)C(=O)N2CCN(c3ccccc3)CC2)ccc1OCc1ccc(Br)cc1. The Bertz CT molecular complexity index is 1250. The van der Waals surface area contributed by atoms with Crippen LogP contribution in [0.5, 0.6) is 11.5 Å². The summed E-state index contributed by atoms with van der Waals surface area (Å²) >= 11 is 3.44. The molecule has 0 saturated carbocycles. The molecule has 36 heavy (non-hydrogen) atoms. The Labute approximate surface area is 220 Å². The fourth-order valence-electron chi connectivity index (χ4n) is 4.03. The number of carbonyl (C=O) groups excluding carboxylic acids is 1. The molecular formula is C29H28BrN3O3. The van der Waals surface area contributed by atoms with Crippen molar-refractivity contribution >= 4 is 33.6 Å². The molecule has 4 rings (SSSR count). The first kappa shape index (κ1) is 25.3. The minimum atomic E-state index is -0.251. The second-order valence-electron chi connectivity index (χ2n) is 8.34. The van der Waals surface area contributed by atoms with Gasteiger partial charge in [-0.3, -0.25) is 4.79 Å². The van der Waals surface area contributed by atoms with Crippen molar-refractivity contribution in [3.63, 3.8) is 0 Å². The Kier molecular flexibility index (Phi) is 8.64. The third kappa shape index (κ3) is 6.46. The van der Waals surface area contributed by atoms with Crippen LogP contribution in [-0.2, 0) is 11.4 Å². The summed E-state index contributed by atoms with van der Waals surface area (Å²) in [4.78, 5) is 17.1. The fraction of sp³-hybridized carbons (Fsp3) is 0.241. The van der Waals surface area contributed by atoms with Gasteiger partial charge in [-0.2, -0.15) is 5.26 Å². The van der Waals surface area contributed by atoms with E-state index in [0.29, 0.717) is 43.4 Å². The van der Waals surface area contributed by atoms with Gasteiger partial charge in [-0.1, -0.05) is 52.3 Å². The van der Waals surface area contributed by atoms with Crippen LogP contribution in [-0.4, -0.2) is 43.6 Å². The van der Waals surface area contributed by atoms with Crippen LogP contribution in [0.3, 0.4) is 0 Å². The number of hydrogen-bond donors (Lipinski definition) is 0. The number of anilines is 1. The van der Waals surface area contributed by atoms with Crippen LogP contribution in [0, 0.1) is 11.3 Å². The molecule has 184 valence electrons. The predicted molar refractivity (Wildman–Crippen MR) is 145 cm³/mol. The largest absolute Gasteiger partial charge is 0.490 e. The summed E-state index contributed by atoms with van der Waals surface area (Å²) in [5, 5.41) is 9.74. The second-order valence-corrected chi connectivity index (χ2v) is 9.25. The molecule has 0 unspecified atom stereocenters. The maximum atomic E-state index is 13.1. The lowest BCUT2D eigenvalue weighted by Gasteiger charge is -2.36. The molecule has 0 N–H and O–H groups in total. The lowest BCUT2D eigenvalue weighted by molar-refractivity contribution is -0.126. The highest BCUT2D eigenvalue weighted by molar-refractivity contribution is 9.10. The van der Waals surface area contributed by atoms with E-state index < -0.39 is 0 Å². The molecule has 1 aliphatic heterocycles. The second kappa shape index (κ2) is 12.3. The van der Waals surface area contributed by atoms with Crippen LogP contribution in [0.1, 0.15) is 18.1 Å².